The zero-order chi connectivity index (χ0) is 17.5. The first-order valence-electron chi connectivity index (χ1n) is 7.26. The highest BCUT2D eigenvalue weighted by molar-refractivity contribution is 6.34. The van der Waals surface area contributed by atoms with Crippen LogP contribution in [0.2, 0.25) is 5.02 Å². The van der Waals surface area contributed by atoms with Crippen molar-refractivity contribution in [3.8, 4) is 6.07 Å². The van der Waals surface area contributed by atoms with Gasteiger partial charge in [0.15, 0.2) is 0 Å². The minimum atomic E-state index is -0.540. The first-order chi connectivity index (χ1) is 11.5. The van der Waals surface area contributed by atoms with E-state index in [0.29, 0.717) is 22.9 Å². The summed E-state index contributed by atoms with van der Waals surface area (Å²) in [4.78, 5) is 12.2. The highest BCUT2D eigenvalue weighted by Crippen LogP contribution is 2.24. The van der Waals surface area contributed by atoms with Gasteiger partial charge in [0.2, 0.25) is 0 Å². The quantitative estimate of drug-likeness (QED) is 0.442. The Morgan fingerprint density at radius 3 is 2.75 bits per heavy atom. The van der Waals surface area contributed by atoms with Gasteiger partial charge in [-0.05, 0) is 36.2 Å². The van der Waals surface area contributed by atoms with Crippen LogP contribution >= 0.6 is 11.6 Å². The molecule has 2 aromatic carbocycles. The summed E-state index contributed by atoms with van der Waals surface area (Å²) < 4.78 is 0. The summed E-state index contributed by atoms with van der Waals surface area (Å²) in [5.74, 6) is -0.540. The van der Waals surface area contributed by atoms with E-state index in [0.717, 1.165) is 11.1 Å². The van der Waals surface area contributed by atoms with E-state index in [1.54, 1.807) is 12.1 Å². The van der Waals surface area contributed by atoms with Crippen molar-refractivity contribution in [2.45, 2.75) is 13.5 Å². The number of rotatable bonds is 5. The Morgan fingerprint density at radius 1 is 1.33 bits per heavy atom. The molecule has 0 aromatic heterocycles. The van der Waals surface area contributed by atoms with E-state index in [1.807, 2.05) is 37.3 Å². The average molecular weight is 341 g/mol. The van der Waals surface area contributed by atoms with Crippen molar-refractivity contribution in [2.24, 2.45) is 0 Å². The highest BCUT2D eigenvalue weighted by Gasteiger charge is 2.11. The molecular weight excluding hydrogens is 324 g/mol. The van der Waals surface area contributed by atoms with Gasteiger partial charge in [0.05, 0.1) is 10.7 Å². The van der Waals surface area contributed by atoms with E-state index in [2.05, 4.69) is 10.6 Å². The molecule has 2 aromatic rings. The van der Waals surface area contributed by atoms with Crippen molar-refractivity contribution in [1.82, 2.24) is 5.32 Å². The Morgan fingerprint density at radius 2 is 2.08 bits per heavy atom. The predicted molar refractivity (Wildman–Crippen MR) is 96.2 cm³/mol. The number of benzene rings is 2. The van der Waals surface area contributed by atoms with Gasteiger partial charge in [0.25, 0.3) is 5.91 Å². The molecule has 0 aliphatic heterocycles. The second kappa shape index (κ2) is 8.04. The van der Waals surface area contributed by atoms with E-state index < -0.39 is 5.91 Å². The number of amides is 1. The normalized spacial score (nSPS) is 10.8. The Bertz CT molecular complexity index is 824. The summed E-state index contributed by atoms with van der Waals surface area (Å²) in [6, 6.07) is 14.5. The molecule has 5 nitrogen and oxygen atoms in total. The second-order valence-electron chi connectivity index (χ2n) is 5.17. The number of aryl methyl sites for hydroxylation is 1. The number of anilines is 2. The summed E-state index contributed by atoms with van der Waals surface area (Å²) in [5, 5.41) is 15.1. The lowest BCUT2D eigenvalue weighted by Crippen LogP contribution is -2.17. The molecule has 0 saturated carbocycles. The van der Waals surface area contributed by atoms with Gasteiger partial charge in [-0.25, -0.2) is 0 Å². The molecule has 1 amide bonds. The third-order valence-corrected chi connectivity index (χ3v) is 3.72. The summed E-state index contributed by atoms with van der Waals surface area (Å²) in [6.07, 6.45) is 1.40. The predicted octanol–water partition coefficient (Wildman–Crippen LogP) is 3.37. The van der Waals surface area contributed by atoms with Crippen molar-refractivity contribution >= 4 is 28.9 Å². The molecule has 0 spiro atoms. The largest absolute Gasteiger partial charge is 0.399 e. The van der Waals surface area contributed by atoms with Crippen LogP contribution in [0.1, 0.15) is 11.1 Å². The topological polar surface area (TPSA) is 90.9 Å². The molecule has 122 valence electrons. The number of nitriles is 1. The molecule has 0 radical (unpaired) electrons. The number of nitrogens with two attached hydrogens (primary N) is 1. The van der Waals surface area contributed by atoms with E-state index in [9.17, 15) is 4.79 Å². The number of nitrogen functional groups attached to an aromatic ring is 1. The third kappa shape index (κ3) is 4.51. The monoisotopic (exact) mass is 340 g/mol. The van der Waals surface area contributed by atoms with E-state index in [-0.39, 0.29) is 5.57 Å². The third-order valence-electron chi connectivity index (χ3n) is 3.41. The molecule has 0 bridgehead atoms. The standard InChI is InChI=1S/C18H17ClN4O/c1-12-4-2-3-5-13(12)10-22-11-14(9-20)18(24)23-17-7-6-15(21)8-16(17)19/h2-8,11,22H,10,21H2,1H3,(H,23,24)/b14-11-. The maximum atomic E-state index is 12.2. The van der Waals surface area contributed by atoms with E-state index in [1.165, 1.54) is 12.3 Å². The zero-order valence-corrected chi connectivity index (χ0v) is 13.9. The lowest BCUT2D eigenvalue weighted by atomic mass is 10.1. The van der Waals surface area contributed by atoms with Crippen LogP contribution in [0.25, 0.3) is 0 Å². The molecule has 0 saturated heterocycles. The Hall–Kier alpha value is -2.97. The fraction of sp³-hybridized carbons (Fsp3) is 0.111. The van der Waals surface area contributed by atoms with Crippen molar-refractivity contribution in [3.63, 3.8) is 0 Å². The van der Waals surface area contributed by atoms with Crippen molar-refractivity contribution < 1.29 is 4.79 Å². The van der Waals surface area contributed by atoms with Crippen LogP contribution in [0, 0.1) is 18.3 Å². The van der Waals surface area contributed by atoms with Crippen molar-refractivity contribution in [1.29, 1.82) is 5.26 Å². The molecule has 6 heteroatoms. The highest BCUT2D eigenvalue weighted by atomic mass is 35.5. The number of carbonyl (C=O) groups excluding carboxylic acids is 1. The smallest absolute Gasteiger partial charge is 0.267 e. The summed E-state index contributed by atoms with van der Waals surface area (Å²) in [5.41, 5.74) is 8.68. The first-order valence-corrected chi connectivity index (χ1v) is 7.63. The Labute approximate surface area is 145 Å². The van der Waals surface area contributed by atoms with Gasteiger partial charge < -0.3 is 16.4 Å². The fourth-order valence-corrected chi connectivity index (χ4v) is 2.28. The first kappa shape index (κ1) is 17.4. The molecule has 2 rings (SSSR count). The van der Waals surface area contributed by atoms with Crippen LogP contribution in [0.4, 0.5) is 11.4 Å². The van der Waals surface area contributed by atoms with Crippen molar-refractivity contribution in [2.75, 3.05) is 11.1 Å². The van der Waals surface area contributed by atoms with Crippen LogP contribution < -0.4 is 16.4 Å². The van der Waals surface area contributed by atoms with Crippen LogP contribution in [0.15, 0.2) is 54.2 Å². The van der Waals surface area contributed by atoms with E-state index >= 15 is 0 Å². The number of halogens is 1. The zero-order valence-electron chi connectivity index (χ0n) is 13.1. The number of hydrogen-bond acceptors (Lipinski definition) is 4. The number of hydrogen-bond donors (Lipinski definition) is 3. The van der Waals surface area contributed by atoms with Gasteiger partial charge in [-0.1, -0.05) is 35.9 Å². The maximum absolute atomic E-state index is 12.2. The molecule has 0 aliphatic carbocycles. The Kier molecular flexibility index (Phi) is 5.83. The van der Waals surface area contributed by atoms with Crippen LogP contribution in [-0.2, 0) is 11.3 Å². The maximum Gasteiger partial charge on any atom is 0.267 e. The minimum Gasteiger partial charge on any atom is -0.399 e. The molecule has 0 unspecified atom stereocenters. The fourth-order valence-electron chi connectivity index (χ4n) is 2.04. The van der Waals surface area contributed by atoms with Gasteiger partial charge in [-0.15, -0.1) is 0 Å². The summed E-state index contributed by atoms with van der Waals surface area (Å²) >= 11 is 6.01. The summed E-state index contributed by atoms with van der Waals surface area (Å²) in [6.45, 7) is 2.52. The molecule has 0 atom stereocenters. The van der Waals surface area contributed by atoms with Gasteiger partial charge in [0, 0.05) is 18.4 Å². The Balaban J connectivity index is 2.03. The van der Waals surface area contributed by atoms with Gasteiger partial charge >= 0.3 is 0 Å². The van der Waals surface area contributed by atoms with Gasteiger partial charge in [-0.2, -0.15) is 5.26 Å². The molecule has 0 heterocycles. The molecule has 24 heavy (non-hydrogen) atoms. The molecule has 0 fully saturated rings. The SMILES string of the molecule is Cc1ccccc1CN/C=C(/C#N)C(=O)Nc1ccc(N)cc1Cl. The van der Waals surface area contributed by atoms with Crippen LogP contribution in [-0.4, -0.2) is 5.91 Å². The van der Waals surface area contributed by atoms with Gasteiger partial charge in [-0.3, -0.25) is 4.79 Å². The number of nitrogens with one attached hydrogen (secondary N) is 2. The van der Waals surface area contributed by atoms with Crippen LogP contribution in [0.3, 0.4) is 0 Å². The number of carbonyl (C=O) groups is 1. The molecule has 4 N–H and O–H groups in total. The lowest BCUT2D eigenvalue weighted by Gasteiger charge is -2.08. The van der Waals surface area contributed by atoms with E-state index in [4.69, 9.17) is 22.6 Å². The number of nitrogens with zero attached hydrogens (tertiary/aromatic N) is 1. The molecule has 0 aliphatic rings. The van der Waals surface area contributed by atoms with Crippen LogP contribution in [0.5, 0.6) is 0 Å². The second-order valence-corrected chi connectivity index (χ2v) is 5.58. The lowest BCUT2D eigenvalue weighted by molar-refractivity contribution is -0.112. The molecular formula is C18H17ClN4O. The minimum absolute atomic E-state index is 0.0449. The average Bonchev–Trinajstić information content (AvgIpc) is 2.55. The van der Waals surface area contributed by atoms with Gasteiger partial charge in [0.1, 0.15) is 11.6 Å². The summed E-state index contributed by atoms with van der Waals surface area (Å²) in [7, 11) is 0. The van der Waals surface area contributed by atoms with Crippen molar-refractivity contribution in [3.05, 3.63) is 70.4 Å².